The molecular weight excluding hydrogens is 288 g/mol. The van der Waals surface area contributed by atoms with Gasteiger partial charge in [-0.15, -0.1) is 0 Å². The van der Waals surface area contributed by atoms with Crippen molar-refractivity contribution in [2.24, 2.45) is 5.73 Å². The zero-order chi connectivity index (χ0) is 14.1. The number of benzene rings is 1. The summed E-state index contributed by atoms with van der Waals surface area (Å²) in [7, 11) is -3.07. The molecule has 0 spiro atoms. The lowest BCUT2D eigenvalue weighted by atomic mass is 9.91. The largest absolute Gasteiger partial charge is 0.370 e. The summed E-state index contributed by atoms with van der Waals surface area (Å²) < 4.78 is 22.9. The zero-order valence-electron chi connectivity index (χ0n) is 10.2. The number of primary amides is 1. The number of hydrogen-bond donors (Lipinski definition) is 2. The molecule has 0 radical (unpaired) electrons. The number of sulfone groups is 1. The molecule has 1 aliphatic rings. The fraction of sp³-hybridized carbons (Fsp3) is 0.417. The lowest BCUT2D eigenvalue weighted by Crippen LogP contribution is -2.55. The van der Waals surface area contributed by atoms with Crippen molar-refractivity contribution >= 4 is 33.0 Å². The van der Waals surface area contributed by atoms with Crippen molar-refractivity contribution in [3.63, 3.8) is 0 Å². The lowest BCUT2D eigenvalue weighted by Gasteiger charge is -2.36. The van der Waals surface area contributed by atoms with Crippen LogP contribution in [0.4, 0.5) is 5.69 Å². The number of amides is 1. The quantitative estimate of drug-likeness (QED) is 0.877. The Morgan fingerprint density at radius 2 is 1.84 bits per heavy atom. The number of carbonyl (C=O) groups excluding carboxylic acids is 1. The van der Waals surface area contributed by atoms with Crippen LogP contribution in [0.15, 0.2) is 24.3 Å². The molecule has 1 aliphatic heterocycles. The van der Waals surface area contributed by atoms with E-state index >= 15 is 0 Å². The average Bonchev–Trinajstić information content (AvgIpc) is 2.34. The Morgan fingerprint density at radius 1 is 1.26 bits per heavy atom. The average molecular weight is 303 g/mol. The van der Waals surface area contributed by atoms with Crippen molar-refractivity contribution in [1.82, 2.24) is 0 Å². The van der Waals surface area contributed by atoms with Crippen LogP contribution in [0.25, 0.3) is 0 Å². The number of nitrogens with two attached hydrogens (primary N) is 1. The van der Waals surface area contributed by atoms with E-state index < -0.39 is 21.3 Å². The third kappa shape index (κ3) is 3.01. The van der Waals surface area contributed by atoms with Crippen molar-refractivity contribution in [3.05, 3.63) is 29.3 Å². The summed E-state index contributed by atoms with van der Waals surface area (Å²) in [6, 6.07) is 6.98. The van der Waals surface area contributed by atoms with E-state index in [4.69, 9.17) is 17.3 Å². The fourth-order valence-electron chi connectivity index (χ4n) is 2.14. The van der Waals surface area contributed by atoms with Gasteiger partial charge in [0.1, 0.15) is 5.54 Å². The highest BCUT2D eigenvalue weighted by atomic mass is 35.5. The third-order valence-corrected chi connectivity index (χ3v) is 5.38. The first-order valence-corrected chi connectivity index (χ1v) is 8.08. The molecule has 1 amide bonds. The summed E-state index contributed by atoms with van der Waals surface area (Å²) >= 11 is 6.03. The second-order valence-electron chi connectivity index (χ2n) is 4.70. The molecule has 0 atom stereocenters. The molecule has 19 heavy (non-hydrogen) atoms. The maximum Gasteiger partial charge on any atom is 0.243 e. The molecule has 1 heterocycles. The minimum Gasteiger partial charge on any atom is -0.370 e. The van der Waals surface area contributed by atoms with Crippen molar-refractivity contribution in [2.45, 2.75) is 18.4 Å². The molecule has 0 aromatic heterocycles. The van der Waals surface area contributed by atoms with Gasteiger partial charge in [0.05, 0.1) is 22.2 Å². The van der Waals surface area contributed by atoms with Crippen molar-refractivity contribution < 1.29 is 13.2 Å². The van der Waals surface area contributed by atoms with Gasteiger partial charge in [0.25, 0.3) is 0 Å². The normalized spacial score (nSPS) is 20.7. The van der Waals surface area contributed by atoms with Gasteiger partial charge in [0, 0.05) is 0 Å². The van der Waals surface area contributed by atoms with Crippen molar-refractivity contribution in [1.29, 1.82) is 0 Å². The second-order valence-corrected chi connectivity index (χ2v) is 7.41. The first kappa shape index (κ1) is 14.1. The summed E-state index contributed by atoms with van der Waals surface area (Å²) in [6.45, 7) is 0. The number of halogens is 1. The number of nitrogens with one attached hydrogen (secondary N) is 1. The summed E-state index contributed by atoms with van der Waals surface area (Å²) in [5, 5.41) is 3.50. The number of anilines is 1. The molecule has 0 bridgehead atoms. The smallest absolute Gasteiger partial charge is 0.243 e. The van der Waals surface area contributed by atoms with E-state index in [0.29, 0.717) is 10.7 Å². The third-order valence-electron chi connectivity index (χ3n) is 3.40. The van der Waals surface area contributed by atoms with Gasteiger partial charge in [-0.05, 0) is 25.0 Å². The Kier molecular flexibility index (Phi) is 3.73. The van der Waals surface area contributed by atoms with Crippen LogP contribution in [0.2, 0.25) is 5.02 Å². The molecule has 0 unspecified atom stereocenters. The standard InChI is InChI=1S/C12H15ClN2O3S/c13-9-3-1-2-4-10(9)15-12(11(14)16)5-7-19(17,18)8-6-12/h1-4,15H,5-8H2,(H2,14,16). The van der Waals surface area contributed by atoms with Gasteiger partial charge in [-0.2, -0.15) is 0 Å². The summed E-state index contributed by atoms with van der Waals surface area (Å²) in [5.74, 6) is -0.650. The van der Waals surface area contributed by atoms with E-state index in [1.165, 1.54) is 0 Å². The molecule has 7 heteroatoms. The van der Waals surface area contributed by atoms with E-state index in [2.05, 4.69) is 5.32 Å². The van der Waals surface area contributed by atoms with Gasteiger partial charge in [-0.25, -0.2) is 8.42 Å². The number of rotatable bonds is 3. The Bertz CT molecular complexity index is 587. The molecular formula is C12H15ClN2O3S. The SMILES string of the molecule is NC(=O)C1(Nc2ccccc2Cl)CCS(=O)(=O)CC1. The van der Waals surface area contributed by atoms with Crippen LogP contribution in [0.5, 0.6) is 0 Å². The number of para-hydroxylation sites is 1. The van der Waals surface area contributed by atoms with E-state index in [1.54, 1.807) is 24.3 Å². The molecule has 3 N–H and O–H groups in total. The van der Waals surface area contributed by atoms with Crippen molar-refractivity contribution in [3.8, 4) is 0 Å². The van der Waals surface area contributed by atoms with Crippen LogP contribution in [-0.2, 0) is 14.6 Å². The van der Waals surface area contributed by atoms with Gasteiger partial charge in [-0.3, -0.25) is 4.79 Å². The molecule has 104 valence electrons. The monoisotopic (exact) mass is 302 g/mol. The molecule has 1 saturated heterocycles. The number of hydrogen-bond acceptors (Lipinski definition) is 4. The molecule has 2 rings (SSSR count). The van der Waals surface area contributed by atoms with Gasteiger partial charge in [0.15, 0.2) is 9.84 Å². The first-order chi connectivity index (χ1) is 8.85. The van der Waals surface area contributed by atoms with Gasteiger partial charge in [-0.1, -0.05) is 23.7 Å². The summed E-state index contributed by atoms with van der Waals surface area (Å²) in [6.07, 6.45) is 0.325. The van der Waals surface area contributed by atoms with E-state index in [-0.39, 0.29) is 24.3 Å². The minimum absolute atomic E-state index is 0.0482. The minimum atomic E-state index is -3.07. The maximum atomic E-state index is 11.7. The summed E-state index contributed by atoms with van der Waals surface area (Å²) in [4.78, 5) is 11.7. The molecule has 0 aliphatic carbocycles. The highest BCUT2D eigenvalue weighted by molar-refractivity contribution is 7.91. The Hall–Kier alpha value is -1.27. The zero-order valence-corrected chi connectivity index (χ0v) is 11.8. The number of carbonyl (C=O) groups is 1. The summed E-state index contributed by atoms with van der Waals surface area (Å²) in [5.41, 5.74) is 4.99. The lowest BCUT2D eigenvalue weighted by molar-refractivity contribution is -0.122. The van der Waals surface area contributed by atoms with Crippen LogP contribution < -0.4 is 11.1 Å². The molecule has 1 aromatic rings. The highest BCUT2D eigenvalue weighted by Crippen LogP contribution is 2.31. The highest BCUT2D eigenvalue weighted by Gasteiger charge is 2.42. The fourth-order valence-corrected chi connectivity index (χ4v) is 3.85. The van der Waals surface area contributed by atoms with Crippen LogP contribution in [0.1, 0.15) is 12.8 Å². The molecule has 1 aromatic carbocycles. The molecule has 5 nitrogen and oxygen atoms in total. The van der Waals surface area contributed by atoms with E-state index in [9.17, 15) is 13.2 Å². The maximum absolute atomic E-state index is 11.7. The predicted octanol–water partition coefficient (Wildman–Crippen LogP) is 1.18. The Morgan fingerprint density at radius 3 is 2.37 bits per heavy atom. The van der Waals surface area contributed by atoms with E-state index in [1.807, 2.05) is 0 Å². The molecule has 1 fully saturated rings. The van der Waals surface area contributed by atoms with Crippen LogP contribution in [-0.4, -0.2) is 31.4 Å². The van der Waals surface area contributed by atoms with Crippen molar-refractivity contribution in [2.75, 3.05) is 16.8 Å². The second kappa shape index (κ2) is 5.02. The topological polar surface area (TPSA) is 89.3 Å². The van der Waals surface area contributed by atoms with Crippen LogP contribution >= 0.6 is 11.6 Å². The predicted molar refractivity (Wildman–Crippen MR) is 74.9 cm³/mol. The molecule has 0 saturated carbocycles. The van der Waals surface area contributed by atoms with E-state index in [0.717, 1.165) is 0 Å². The van der Waals surface area contributed by atoms with Crippen LogP contribution in [0, 0.1) is 0 Å². The van der Waals surface area contributed by atoms with Gasteiger partial charge < -0.3 is 11.1 Å². The Balaban J connectivity index is 2.28. The van der Waals surface area contributed by atoms with Gasteiger partial charge >= 0.3 is 0 Å². The Labute approximate surface area is 117 Å². The van der Waals surface area contributed by atoms with Crippen LogP contribution in [0.3, 0.4) is 0 Å². The first-order valence-electron chi connectivity index (χ1n) is 5.88. The van der Waals surface area contributed by atoms with Gasteiger partial charge in [0.2, 0.25) is 5.91 Å².